The van der Waals surface area contributed by atoms with E-state index >= 15 is 0 Å². The molecule has 0 amide bonds. The van der Waals surface area contributed by atoms with Gasteiger partial charge in [-0.25, -0.2) is 4.39 Å². The van der Waals surface area contributed by atoms with Crippen molar-refractivity contribution in [3.8, 4) is 0 Å². The zero-order valence-corrected chi connectivity index (χ0v) is 10.7. The molecule has 1 aromatic rings. The fourth-order valence-corrected chi connectivity index (χ4v) is 2.25. The molecule has 2 rings (SSSR count). The van der Waals surface area contributed by atoms with Crippen LogP contribution in [-0.4, -0.2) is 37.6 Å². The van der Waals surface area contributed by atoms with Crippen molar-refractivity contribution in [1.82, 2.24) is 10.2 Å². The first-order chi connectivity index (χ1) is 8.16. The van der Waals surface area contributed by atoms with E-state index < -0.39 is 0 Å². The highest BCUT2D eigenvalue weighted by atomic mass is 19.1. The van der Waals surface area contributed by atoms with Crippen molar-refractivity contribution >= 4 is 0 Å². The van der Waals surface area contributed by atoms with Gasteiger partial charge in [0.1, 0.15) is 5.82 Å². The van der Waals surface area contributed by atoms with Gasteiger partial charge in [-0.05, 0) is 43.0 Å². The van der Waals surface area contributed by atoms with Crippen LogP contribution < -0.4 is 5.32 Å². The summed E-state index contributed by atoms with van der Waals surface area (Å²) in [6, 6.07) is 3.65. The topological polar surface area (TPSA) is 15.3 Å². The van der Waals surface area contributed by atoms with Crippen LogP contribution in [-0.2, 0) is 6.42 Å². The van der Waals surface area contributed by atoms with Crippen molar-refractivity contribution < 1.29 is 4.39 Å². The molecule has 2 nitrogen and oxygen atoms in total. The van der Waals surface area contributed by atoms with Crippen molar-refractivity contribution in [3.05, 3.63) is 34.6 Å². The predicted octanol–water partition coefficient (Wildman–Crippen LogP) is 1.89. The first-order valence-electron chi connectivity index (χ1n) is 6.35. The number of nitrogens with zero attached hydrogens (tertiary/aromatic N) is 1. The van der Waals surface area contributed by atoms with Gasteiger partial charge in [0.25, 0.3) is 0 Å². The van der Waals surface area contributed by atoms with Crippen LogP contribution in [0.3, 0.4) is 0 Å². The van der Waals surface area contributed by atoms with Gasteiger partial charge >= 0.3 is 0 Å². The highest BCUT2D eigenvalue weighted by Gasteiger charge is 2.11. The Morgan fingerprint density at radius 3 is 2.53 bits per heavy atom. The largest absolute Gasteiger partial charge is 0.314 e. The molecule has 0 aliphatic carbocycles. The molecule has 1 fully saturated rings. The molecule has 0 atom stereocenters. The minimum Gasteiger partial charge on any atom is -0.314 e. The molecule has 94 valence electrons. The Hall–Kier alpha value is -0.930. The van der Waals surface area contributed by atoms with E-state index in [0.29, 0.717) is 0 Å². The lowest BCUT2D eigenvalue weighted by Crippen LogP contribution is -2.44. The molecule has 17 heavy (non-hydrogen) atoms. The fraction of sp³-hybridized carbons (Fsp3) is 0.571. The molecule has 1 aliphatic rings. The second kappa shape index (κ2) is 5.61. The van der Waals surface area contributed by atoms with E-state index in [0.717, 1.165) is 50.3 Å². The Bertz CT molecular complexity index is 384. The average molecular weight is 236 g/mol. The van der Waals surface area contributed by atoms with Crippen molar-refractivity contribution in [2.75, 3.05) is 32.7 Å². The number of halogens is 1. The van der Waals surface area contributed by atoms with E-state index in [4.69, 9.17) is 0 Å². The Morgan fingerprint density at radius 2 is 1.82 bits per heavy atom. The molecule has 1 aliphatic heterocycles. The summed E-state index contributed by atoms with van der Waals surface area (Å²) >= 11 is 0. The second-order valence-corrected chi connectivity index (χ2v) is 4.87. The molecular weight excluding hydrogens is 215 g/mol. The molecule has 0 aromatic heterocycles. The summed E-state index contributed by atoms with van der Waals surface area (Å²) in [6.07, 6.45) is 0.812. The zero-order chi connectivity index (χ0) is 12.3. The van der Waals surface area contributed by atoms with Gasteiger partial charge in [-0.1, -0.05) is 6.07 Å². The number of nitrogens with one attached hydrogen (secondary N) is 1. The second-order valence-electron chi connectivity index (χ2n) is 4.87. The maximum absolute atomic E-state index is 13.8. The van der Waals surface area contributed by atoms with Crippen LogP contribution in [0.4, 0.5) is 4.39 Å². The van der Waals surface area contributed by atoms with Crippen molar-refractivity contribution in [1.29, 1.82) is 0 Å². The van der Waals surface area contributed by atoms with Crippen LogP contribution in [0, 0.1) is 19.7 Å². The van der Waals surface area contributed by atoms with Gasteiger partial charge in [0, 0.05) is 32.7 Å². The molecule has 1 saturated heterocycles. The third-order valence-electron chi connectivity index (χ3n) is 3.57. The minimum atomic E-state index is -0.0526. The van der Waals surface area contributed by atoms with Crippen LogP contribution in [0.2, 0.25) is 0 Å². The standard InChI is InChI=1S/C14H21FN2/c1-11-9-13(14(15)10-12(11)2)3-6-17-7-4-16-5-8-17/h9-10,16H,3-8H2,1-2H3. The molecule has 0 bridgehead atoms. The molecule has 3 heteroatoms. The minimum absolute atomic E-state index is 0.0526. The van der Waals surface area contributed by atoms with Crippen LogP contribution in [0.15, 0.2) is 12.1 Å². The normalized spacial score (nSPS) is 17.4. The highest BCUT2D eigenvalue weighted by molar-refractivity contribution is 5.31. The first-order valence-corrected chi connectivity index (χ1v) is 6.35. The van der Waals surface area contributed by atoms with Gasteiger partial charge in [0.05, 0.1) is 0 Å². The molecule has 0 saturated carbocycles. The summed E-state index contributed by atoms with van der Waals surface area (Å²) in [4.78, 5) is 2.39. The summed E-state index contributed by atoms with van der Waals surface area (Å²) in [5.74, 6) is -0.0526. The number of rotatable bonds is 3. The monoisotopic (exact) mass is 236 g/mol. The van der Waals surface area contributed by atoms with Crippen LogP contribution in [0.5, 0.6) is 0 Å². The lowest BCUT2D eigenvalue weighted by molar-refractivity contribution is 0.243. The van der Waals surface area contributed by atoms with Crippen LogP contribution >= 0.6 is 0 Å². The molecular formula is C14H21FN2. The lowest BCUT2D eigenvalue weighted by Gasteiger charge is -2.27. The summed E-state index contributed by atoms with van der Waals surface area (Å²) in [7, 11) is 0. The maximum atomic E-state index is 13.8. The van der Waals surface area contributed by atoms with Gasteiger partial charge in [-0.15, -0.1) is 0 Å². The summed E-state index contributed by atoms with van der Waals surface area (Å²) < 4.78 is 13.8. The van der Waals surface area contributed by atoms with Crippen molar-refractivity contribution in [3.63, 3.8) is 0 Å². The van der Waals surface area contributed by atoms with E-state index in [2.05, 4.69) is 10.2 Å². The lowest BCUT2D eigenvalue weighted by atomic mass is 10.0. The average Bonchev–Trinajstić information content (AvgIpc) is 2.33. The molecule has 0 radical (unpaired) electrons. The van der Waals surface area contributed by atoms with Gasteiger partial charge < -0.3 is 10.2 Å². The van der Waals surface area contributed by atoms with Gasteiger partial charge in [0.15, 0.2) is 0 Å². The molecule has 0 spiro atoms. The van der Waals surface area contributed by atoms with E-state index in [1.54, 1.807) is 6.07 Å². The SMILES string of the molecule is Cc1cc(F)c(CCN2CCNCC2)cc1C. The van der Waals surface area contributed by atoms with E-state index in [-0.39, 0.29) is 5.82 Å². The van der Waals surface area contributed by atoms with Gasteiger partial charge in [-0.2, -0.15) is 0 Å². The quantitative estimate of drug-likeness (QED) is 0.862. The van der Waals surface area contributed by atoms with E-state index in [1.807, 2.05) is 19.9 Å². The van der Waals surface area contributed by atoms with Crippen molar-refractivity contribution in [2.24, 2.45) is 0 Å². The maximum Gasteiger partial charge on any atom is 0.126 e. The van der Waals surface area contributed by atoms with Gasteiger partial charge in [0.2, 0.25) is 0 Å². The Morgan fingerprint density at radius 1 is 1.18 bits per heavy atom. The molecule has 1 N–H and O–H groups in total. The molecule has 1 heterocycles. The summed E-state index contributed by atoms with van der Waals surface area (Å²) in [5.41, 5.74) is 3.07. The van der Waals surface area contributed by atoms with Crippen LogP contribution in [0.25, 0.3) is 0 Å². The number of hydrogen-bond acceptors (Lipinski definition) is 2. The summed E-state index contributed by atoms with van der Waals surface area (Å²) in [6.45, 7) is 9.21. The number of hydrogen-bond donors (Lipinski definition) is 1. The third kappa shape index (κ3) is 3.27. The number of aryl methyl sites for hydroxylation is 2. The van der Waals surface area contributed by atoms with E-state index in [1.165, 1.54) is 5.56 Å². The van der Waals surface area contributed by atoms with Gasteiger partial charge in [-0.3, -0.25) is 0 Å². The Labute approximate surface area is 103 Å². The third-order valence-corrected chi connectivity index (χ3v) is 3.57. The number of benzene rings is 1. The fourth-order valence-electron chi connectivity index (χ4n) is 2.25. The summed E-state index contributed by atoms with van der Waals surface area (Å²) in [5, 5.41) is 3.33. The predicted molar refractivity (Wildman–Crippen MR) is 68.9 cm³/mol. The molecule has 0 unspecified atom stereocenters. The molecule has 1 aromatic carbocycles. The first kappa shape index (κ1) is 12.5. The number of piperazine rings is 1. The van der Waals surface area contributed by atoms with E-state index in [9.17, 15) is 4.39 Å². The Kier molecular flexibility index (Phi) is 4.13. The Balaban J connectivity index is 1.96. The van der Waals surface area contributed by atoms with Crippen LogP contribution in [0.1, 0.15) is 16.7 Å². The zero-order valence-electron chi connectivity index (χ0n) is 10.7. The highest BCUT2D eigenvalue weighted by Crippen LogP contribution is 2.15. The van der Waals surface area contributed by atoms with Crippen molar-refractivity contribution in [2.45, 2.75) is 20.3 Å². The smallest absolute Gasteiger partial charge is 0.126 e.